The highest BCUT2D eigenvalue weighted by atomic mass is 16.4. The molecular weight excluding hydrogens is 232 g/mol. The normalized spacial score (nSPS) is 20.5. The van der Waals surface area contributed by atoms with Gasteiger partial charge in [-0.25, -0.2) is 0 Å². The van der Waals surface area contributed by atoms with E-state index < -0.39 is 11.4 Å². The molecule has 18 heavy (non-hydrogen) atoms. The predicted octanol–water partition coefficient (Wildman–Crippen LogP) is 1.07. The number of carboxylic acids is 1. The van der Waals surface area contributed by atoms with Crippen molar-refractivity contribution in [1.29, 1.82) is 0 Å². The molecule has 1 heterocycles. The lowest BCUT2D eigenvalue weighted by molar-refractivity contribution is -0.153. The number of hydrogen-bond donors (Lipinski definition) is 2. The first kappa shape index (κ1) is 15.0. The van der Waals surface area contributed by atoms with E-state index >= 15 is 0 Å². The number of rotatable bonds is 5. The van der Waals surface area contributed by atoms with Gasteiger partial charge in [0.2, 0.25) is 5.91 Å². The van der Waals surface area contributed by atoms with Gasteiger partial charge in [-0.05, 0) is 26.2 Å². The van der Waals surface area contributed by atoms with E-state index in [9.17, 15) is 9.59 Å². The Hall–Kier alpha value is -1.10. The van der Waals surface area contributed by atoms with Crippen LogP contribution in [-0.2, 0) is 9.59 Å². The van der Waals surface area contributed by atoms with Gasteiger partial charge in [0.1, 0.15) is 0 Å². The Morgan fingerprint density at radius 2 is 1.94 bits per heavy atom. The van der Waals surface area contributed by atoms with E-state index in [0.29, 0.717) is 32.5 Å². The van der Waals surface area contributed by atoms with Gasteiger partial charge in [-0.2, -0.15) is 0 Å². The molecule has 0 aromatic rings. The predicted molar refractivity (Wildman–Crippen MR) is 69.0 cm³/mol. The third-order valence-corrected chi connectivity index (χ3v) is 3.97. The number of carbonyl (C=O) groups excluding carboxylic acids is 1. The van der Waals surface area contributed by atoms with Gasteiger partial charge >= 0.3 is 5.97 Å². The molecule has 0 aliphatic carbocycles. The first-order valence-electron chi connectivity index (χ1n) is 6.67. The summed E-state index contributed by atoms with van der Waals surface area (Å²) in [7, 11) is 0. The van der Waals surface area contributed by atoms with Crippen LogP contribution < -0.4 is 5.73 Å². The zero-order valence-electron chi connectivity index (χ0n) is 11.3. The minimum Gasteiger partial charge on any atom is -0.481 e. The smallest absolute Gasteiger partial charge is 0.309 e. The molecule has 1 aliphatic heterocycles. The highest BCUT2D eigenvalue weighted by Gasteiger charge is 2.38. The van der Waals surface area contributed by atoms with Crippen molar-refractivity contribution in [2.45, 2.75) is 39.5 Å². The summed E-state index contributed by atoms with van der Waals surface area (Å²) in [5.41, 5.74) is 4.95. The average Bonchev–Trinajstić information content (AvgIpc) is 2.36. The molecule has 5 heteroatoms. The van der Waals surface area contributed by atoms with Crippen LogP contribution in [0.3, 0.4) is 0 Å². The summed E-state index contributed by atoms with van der Waals surface area (Å²) in [6.45, 7) is 5.22. The standard InChI is InChI=1S/C13H24N2O3/c1-3-4-10(9-14)11(16)15-7-5-13(2,6-8-15)12(17)18/h10H,3-9,14H2,1-2H3,(H,17,18). The molecule has 1 amide bonds. The highest BCUT2D eigenvalue weighted by Crippen LogP contribution is 2.31. The molecule has 0 aromatic carbocycles. The van der Waals surface area contributed by atoms with E-state index in [-0.39, 0.29) is 11.8 Å². The Balaban J connectivity index is 2.57. The van der Waals surface area contributed by atoms with Gasteiger partial charge in [-0.1, -0.05) is 13.3 Å². The maximum absolute atomic E-state index is 12.2. The summed E-state index contributed by atoms with van der Waals surface area (Å²) in [6.07, 6.45) is 2.80. The molecule has 0 aromatic heterocycles. The lowest BCUT2D eigenvalue weighted by Gasteiger charge is -2.37. The van der Waals surface area contributed by atoms with Gasteiger partial charge in [0.05, 0.1) is 11.3 Å². The van der Waals surface area contributed by atoms with Gasteiger partial charge in [0.15, 0.2) is 0 Å². The molecular formula is C13H24N2O3. The molecule has 5 nitrogen and oxygen atoms in total. The number of hydrogen-bond acceptors (Lipinski definition) is 3. The van der Waals surface area contributed by atoms with Crippen LogP contribution in [0.25, 0.3) is 0 Å². The van der Waals surface area contributed by atoms with Crippen molar-refractivity contribution in [3.8, 4) is 0 Å². The number of carbonyl (C=O) groups is 2. The first-order chi connectivity index (χ1) is 8.44. The fourth-order valence-corrected chi connectivity index (χ4v) is 2.38. The van der Waals surface area contributed by atoms with E-state index in [0.717, 1.165) is 12.8 Å². The van der Waals surface area contributed by atoms with Gasteiger partial charge in [0.25, 0.3) is 0 Å². The Bertz CT molecular complexity index is 309. The summed E-state index contributed by atoms with van der Waals surface area (Å²) in [4.78, 5) is 25.1. The van der Waals surface area contributed by atoms with E-state index in [4.69, 9.17) is 10.8 Å². The highest BCUT2D eigenvalue weighted by molar-refractivity contribution is 5.80. The second kappa shape index (κ2) is 6.18. The van der Waals surface area contributed by atoms with Crippen LogP contribution in [-0.4, -0.2) is 41.5 Å². The summed E-state index contributed by atoms with van der Waals surface area (Å²) >= 11 is 0. The number of amides is 1. The van der Waals surface area contributed by atoms with Crippen LogP contribution in [0.4, 0.5) is 0 Å². The average molecular weight is 256 g/mol. The van der Waals surface area contributed by atoms with E-state index in [1.54, 1.807) is 11.8 Å². The second-order valence-corrected chi connectivity index (χ2v) is 5.41. The van der Waals surface area contributed by atoms with Crippen molar-refractivity contribution in [1.82, 2.24) is 4.90 Å². The minimum atomic E-state index is -0.765. The molecule has 104 valence electrons. The molecule has 0 bridgehead atoms. The first-order valence-corrected chi connectivity index (χ1v) is 6.67. The number of piperidine rings is 1. The largest absolute Gasteiger partial charge is 0.481 e. The maximum Gasteiger partial charge on any atom is 0.309 e. The number of likely N-dealkylation sites (tertiary alicyclic amines) is 1. The minimum absolute atomic E-state index is 0.0896. The number of aliphatic carboxylic acids is 1. The van der Waals surface area contributed by atoms with Crippen molar-refractivity contribution in [2.24, 2.45) is 17.1 Å². The Morgan fingerprint density at radius 1 is 1.39 bits per heavy atom. The third-order valence-electron chi connectivity index (χ3n) is 3.97. The van der Waals surface area contributed by atoms with Gasteiger partial charge in [-0.3, -0.25) is 9.59 Å². The Morgan fingerprint density at radius 3 is 2.33 bits per heavy atom. The van der Waals surface area contributed by atoms with E-state index in [1.807, 2.05) is 6.92 Å². The molecule has 3 N–H and O–H groups in total. The maximum atomic E-state index is 12.2. The summed E-state index contributed by atoms with van der Waals surface area (Å²) in [6, 6.07) is 0. The Labute approximate surface area is 108 Å². The zero-order valence-corrected chi connectivity index (χ0v) is 11.3. The topological polar surface area (TPSA) is 83.6 Å². The van der Waals surface area contributed by atoms with Crippen LogP contribution >= 0.6 is 0 Å². The summed E-state index contributed by atoms with van der Waals surface area (Å²) in [5.74, 6) is -0.783. The van der Waals surface area contributed by atoms with E-state index in [2.05, 4.69) is 0 Å². The molecule has 1 aliphatic rings. The summed E-state index contributed by atoms with van der Waals surface area (Å²) in [5, 5.41) is 9.14. The lowest BCUT2D eigenvalue weighted by atomic mass is 9.80. The van der Waals surface area contributed by atoms with Crippen LogP contribution in [0.1, 0.15) is 39.5 Å². The fraction of sp³-hybridized carbons (Fsp3) is 0.846. The lowest BCUT2D eigenvalue weighted by Crippen LogP contribution is -2.48. The van der Waals surface area contributed by atoms with Crippen LogP contribution in [0.2, 0.25) is 0 Å². The molecule has 0 saturated carbocycles. The fourth-order valence-electron chi connectivity index (χ4n) is 2.38. The van der Waals surface area contributed by atoms with Gasteiger partial charge in [0, 0.05) is 19.6 Å². The van der Waals surface area contributed by atoms with Crippen molar-refractivity contribution in [2.75, 3.05) is 19.6 Å². The van der Waals surface area contributed by atoms with Crippen molar-refractivity contribution >= 4 is 11.9 Å². The summed E-state index contributed by atoms with van der Waals surface area (Å²) < 4.78 is 0. The number of nitrogens with two attached hydrogens (primary N) is 1. The zero-order chi connectivity index (χ0) is 13.8. The molecule has 1 unspecified atom stereocenters. The third kappa shape index (κ3) is 3.22. The van der Waals surface area contributed by atoms with Crippen LogP contribution in [0.5, 0.6) is 0 Å². The monoisotopic (exact) mass is 256 g/mol. The SMILES string of the molecule is CCCC(CN)C(=O)N1CCC(C)(C(=O)O)CC1. The van der Waals surface area contributed by atoms with Crippen molar-refractivity contribution < 1.29 is 14.7 Å². The van der Waals surface area contributed by atoms with Crippen LogP contribution in [0.15, 0.2) is 0 Å². The van der Waals surface area contributed by atoms with Gasteiger partial charge < -0.3 is 15.7 Å². The molecule has 1 fully saturated rings. The second-order valence-electron chi connectivity index (χ2n) is 5.41. The molecule has 0 spiro atoms. The quantitative estimate of drug-likeness (QED) is 0.771. The molecule has 1 atom stereocenters. The van der Waals surface area contributed by atoms with Crippen molar-refractivity contribution in [3.63, 3.8) is 0 Å². The number of nitrogens with zero attached hydrogens (tertiary/aromatic N) is 1. The number of carboxylic acid groups (broad SMARTS) is 1. The van der Waals surface area contributed by atoms with Crippen molar-refractivity contribution in [3.05, 3.63) is 0 Å². The van der Waals surface area contributed by atoms with Gasteiger partial charge in [-0.15, -0.1) is 0 Å². The molecule has 0 radical (unpaired) electrons. The molecule has 1 saturated heterocycles. The van der Waals surface area contributed by atoms with Crippen LogP contribution in [0, 0.1) is 11.3 Å². The van der Waals surface area contributed by atoms with E-state index in [1.165, 1.54) is 0 Å². The Kier molecular flexibility index (Phi) is 5.14. The molecule has 1 rings (SSSR count).